The summed E-state index contributed by atoms with van der Waals surface area (Å²) in [6.45, 7) is 10.3. The number of pyridine rings is 2. The Labute approximate surface area is 248 Å². The van der Waals surface area contributed by atoms with Crippen LogP contribution < -0.4 is 16.6 Å². The van der Waals surface area contributed by atoms with Crippen molar-refractivity contribution in [3.63, 3.8) is 0 Å². The van der Waals surface area contributed by atoms with Gasteiger partial charge in [-0.05, 0) is 102 Å². The van der Waals surface area contributed by atoms with E-state index >= 15 is 0 Å². The summed E-state index contributed by atoms with van der Waals surface area (Å²) < 4.78 is 7.23. The van der Waals surface area contributed by atoms with Gasteiger partial charge in [0.2, 0.25) is 5.96 Å². The molecular formula is C32H46N6O4. The molecule has 3 heterocycles. The number of carbonyl (C=O) groups is 2. The second-order valence-electron chi connectivity index (χ2n) is 12.6. The van der Waals surface area contributed by atoms with Crippen LogP contribution >= 0.6 is 0 Å². The highest BCUT2D eigenvalue weighted by molar-refractivity contribution is 5.96. The Kier molecular flexibility index (Phi) is 10.1. The highest BCUT2D eigenvalue weighted by atomic mass is 16.6. The van der Waals surface area contributed by atoms with E-state index in [1.165, 1.54) is 6.92 Å². The molecule has 1 saturated carbocycles. The molecule has 1 saturated heterocycles. The number of nitrogens with two attached hydrogens (primary N) is 1. The van der Waals surface area contributed by atoms with Gasteiger partial charge >= 0.3 is 6.09 Å². The van der Waals surface area contributed by atoms with E-state index in [4.69, 9.17) is 10.5 Å². The minimum atomic E-state index is -0.497. The molecule has 0 bridgehead atoms. The third-order valence-corrected chi connectivity index (χ3v) is 8.07. The van der Waals surface area contributed by atoms with E-state index in [2.05, 4.69) is 21.4 Å². The van der Waals surface area contributed by atoms with Crippen LogP contribution in [0.1, 0.15) is 119 Å². The summed E-state index contributed by atoms with van der Waals surface area (Å²) in [6.07, 6.45) is 10.3. The van der Waals surface area contributed by atoms with E-state index in [0.717, 1.165) is 63.4 Å². The fraction of sp³-hybridized carbons (Fsp3) is 0.594. The summed E-state index contributed by atoms with van der Waals surface area (Å²) in [4.78, 5) is 49.1. The largest absolute Gasteiger partial charge is 0.444 e. The Morgan fingerprint density at radius 2 is 1.71 bits per heavy atom. The number of ether oxygens (including phenoxy) is 1. The number of hydrogen-bond acceptors (Lipinski definition) is 6. The maximum Gasteiger partial charge on any atom is 0.410 e. The van der Waals surface area contributed by atoms with Crippen LogP contribution in [0.15, 0.2) is 34.2 Å². The van der Waals surface area contributed by atoms with Crippen molar-refractivity contribution in [3.05, 3.63) is 51.4 Å². The molecule has 0 spiro atoms. The van der Waals surface area contributed by atoms with Gasteiger partial charge in [0, 0.05) is 25.3 Å². The number of nitrogens with one attached hydrogen (secondary N) is 1. The van der Waals surface area contributed by atoms with Crippen molar-refractivity contribution < 1.29 is 14.3 Å². The predicted molar refractivity (Wildman–Crippen MR) is 166 cm³/mol. The van der Waals surface area contributed by atoms with Gasteiger partial charge in [-0.3, -0.25) is 14.2 Å². The lowest BCUT2D eigenvalue weighted by Crippen LogP contribution is -2.37. The molecule has 10 nitrogen and oxygen atoms in total. The maximum atomic E-state index is 13.3. The average molecular weight is 579 g/mol. The Balaban J connectivity index is 1.44. The second-order valence-corrected chi connectivity index (χ2v) is 12.6. The Hall–Kier alpha value is -3.69. The highest BCUT2D eigenvalue weighted by Crippen LogP contribution is 2.33. The normalized spacial score (nSPS) is 19.1. The molecule has 2 aromatic rings. The first-order valence-electron chi connectivity index (χ1n) is 15.2. The zero-order chi connectivity index (χ0) is 30.4. The number of rotatable bonds is 5. The lowest BCUT2D eigenvalue weighted by molar-refractivity contribution is 0.0246. The van der Waals surface area contributed by atoms with Gasteiger partial charge in [0.1, 0.15) is 17.2 Å². The van der Waals surface area contributed by atoms with Crippen LogP contribution in [0, 0.1) is 6.92 Å². The minimum absolute atomic E-state index is 0.00403. The fourth-order valence-electron chi connectivity index (χ4n) is 6.08. The van der Waals surface area contributed by atoms with Crippen LogP contribution in [0.5, 0.6) is 0 Å². The van der Waals surface area contributed by atoms with E-state index in [1.54, 1.807) is 17.6 Å². The fourth-order valence-corrected chi connectivity index (χ4v) is 6.08. The minimum Gasteiger partial charge on any atom is -0.444 e. The lowest BCUT2D eigenvalue weighted by atomic mass is 9.91. The number of hydrogen-bond donors (Lipinski definition) is 2. The van der Waals surface area contributed by atoms with Gasteiger partial charge in [-0.2, -0.15) is 4.99 Å². The van der Waals surface area contributed by atoms with Gasteiger partial charge in [-0.15, -0.1) is 0 Å². The van der Waals surface area contributed by atoms with Crippen LogP contribution in [-0.4, -0.2) is 51.0 Å². The summed E-state index contributed by atoms with van der Waals surface area (Å²) in [6, 6.07) is 5.73. The molecule has 2 aliphatic rings. The number of ketones is 1. The molecule has 2 aromatic heterocycles. The van der Waals surface area contributed by atoms with E-state index in [0.29, 0.717) is 36.2 Å². The average Bonchev–Trinajstić information content (AvgIpc) is 3.45. The molecule has 1 aliphatic heterocycles. The number of guanidine groups is 1. The van der Waals surface area contributed by atoms with Crippen LogP contribution in [0.4, 0.5) is 16.4 Å². The van der Waals surface area contributed by atoms with Gasteiger partial charge in [-0.25, -0.2) is 9.78 Å². The van der Waals surface area contributed by atoms with Crippen molar-refractivity contribution in [2.24, 2.45) is 10.7 Å². The molecule has 228 valence electrons. The van der Waals surface area contributed by atoms with Crippen molar-refractivity contribution in [2.75, 3.05) is 18.4 Å². The molecule has 4 rings (SSSR count). The van der Waals surface area contributed by atoms with E-state index in [-0.39, 0.29) is 35.0 Å². The Morgan fingerprint density at radius 1 is 1.05 bits per heavy atom. The predicted octanol–water partition coefficient (Wildman–Crippen LogP) is 6.21. The van der Waals surface area contributed by atoms with Crippen molar-refractivity contribution in [1.29, 1.82) is 0 Å². The molecule has 1 unspecified atom stereocenters. The van der Waals surface area contributed by atoms with Crippen LogP contribution in [-0.2, 0) is 4.74 Å². The number of nitrogens with zero attached hydrogens (tertiary/aromatic N) is 4. The molecule has 1 amide bonds. The molecule has 1 aliphatic carbocycles. The zero-order valence-corrected chi connectivity index (χ0v) is 25.7. The van der Waals surface area contributed by atoms with Gasteiger partial charge in [-0.1, -0.05) is 25.3 Å². The van der Waals surface area contributed by atoms with Crippen molar-refractivity contribution in [3.8, 4) is 0 Å². The van der Waals surface area contributed by atoms with E-state index in [9.17, 15) is 14.4 Å². The molecule has 1 atom stereocenters. The van der Waals surface area contributed by atoms with Crippen LogP contribution in [0.2, 0.25) is 0 Å². The van der Waals surface area contributed by atoms with Crippen molar-refractivity contribution in [2.45, 2.75) is 110 Å². The number of anilines is 1. The molecule has 3 N–H and O–H groups in total. The second kappa shape index (κ2) is 13.5. The molecule has 2 fully saturated rings. The zero-order valence-electron chi connectivity index (χ0n) is 25.7. The summed E-state index contributed by atoms with van der Waals surface area (Å²) in [5.41, 5.74) is 7.47. The first-order valence-corrected chi connectivity index (χ1v) is 15.2. The first kappa shape index (κ1) is 31.3. The number of amides is 1. The number of aliphatic imine (C=N–C) groups is 1. The third-order valence-electron chi connectivity index (χ3n) is 8.07. The topological polar surface area (TPSA) is 132 Å². The summed E-state index contributed by atoms with van der Waals surface area (Å²) in [7, 11) is 0. The molecule has 0 aromatic carbocycles. The molecule has 10 heteroatoms. The Bertz CT molecular complexity index is 1350. The standard InChI is InChI=1S/C32H46N6O4/c1-21-19-27(38(25-13-6-7-14-25)29(40)28(21)22(2)39)36-30(33)35-26-16-15-24(20-34-26)23-11-8-9-17-37(18-10-12-23)31(41)42-32(3,4)5/h15-16,19-20,23,25H,6-14,17-18H2,1-5H3,(H3,33,34,35,36). The summed E-state index contributed by atoms with van der Waals surface area (Å²) >= 11 is 0. The third kappa shape index (κ3) is 7.98. The van der Waals surface area contributed by atoms with E-state index in [1.807, 2.05) is 37.9 Å². The lowest BCUT2D eigenvalue weighted by Gasteiger charge is -2.27. The number of carbonyl (C=O) groups excluding carboxylic acids is 2. The quantitative estimate of drug-likeness (QED) is 0.245. The highest BCUT2D eigenvalue weighted by Gasteiger charge is 2.25. The maximum absolute atomic E-state index is 13.3. The van der Waals surface area contributed by atoms with Gasteiger partial charge in [0.05, 0.1) is 5.56 Å². The van der Waals surface area contributed by atoms with Crippen LogP contribution in [0.25, 0.3) is 0 Å². The molecule has 0 radical (unpaired) electrons. The first-order chi connectivity index (χ1) is 19.9. The molecule has 42 heavy (non-hydrogen) atoms. The monoisotopic (exact) mass is 578 g/mol. The van der Waals surface area contributed by atoms with Crippen molar-refractivity contribution in [1.82, 2.24) is 14.5 Å². The summed E-state index contributed by atoms with van der Waals surface area (Å²) in [5, 5.41) is 3.06. The summed E-state index contributed by atoms with van der Waals surface area (Å²) in [5.74, 6) is 1.25. The number of Topliss-reactive ketones (excluding diaryl/α,β-unsaturated/α-hetero) is 1. The number of aryl methyl sites for hydroxylation is 1. The van der Waals surface area contributed by atoms with Gasteiger partial charge < -0.3 is 20.7 Å². The van der Waals surface area contributed by atoms with E-state index < -0.39 is 5.60 Å². The van der Waals surface area contributed by atoms with Crippen LogP contribution in [0.3, 0.4) is 0 Å². The Morgan fingerprint density at radius 3 is 2.36 bits per heavy atom. The van der Waals surface area contributed by atoms with Crippen molar-refractivity contribution >= 4 is 29.5 Å². The van der Waals surface area contributed by atoms with Gasteiger partial charge in [0.25, 0.3) is 5.56 Å². The van der Waals surface area contributed by atoms with Gasteiger partial charge in [0.15, 0.2) is 5.78 Å². The SMILES string of the molecule is CC(=O)c1c(C)cc(/N=C(\N)Nc2ccc(C3CCCCN(C(=O)OC(C)(C)C)CCC3)cn2)n(C2CCCC2)c1=O. The molecular weight excluding hydrogens is 532 g/mol. The smallest absolute Gasteiger partial charge is 0.410 e. The number of aromatic nitrogens is 2.